The molecule has 6 atom stereocenters. The molecule has 5 rings (SSSR count). The van der Waals surface area contributed by atoms with Crippen LogP contribution in [0.4, 0.5) is 17.1 Å². The van der Waals surface area contributed by atoms with Gasteiger partial charge in [0.2, 0.25) is 17.7 Å². The first-order valence-corrected chi connectivity index (χ1v) is 15.5. The summed E-state index contributed by atoms with van der Waals surface area (Å²) in [5.41, 5.74) is 1.24. The molecule has 2 bridgehead atoms. The van der Waals surface area contributed by atoms with Gasteiger partial charge in [-0.2, -0.15) is 0 Å². The van der Waals surface area contributed by atoms with Gasteiger partial charge in [0.15, 0.2) is 0 Å². The molecule has 41 heavy (non-hydrogen) atoms. The van der Waals surface area contributed by atoms with E-state index in [1.165, 1.54) is 0 Å². The molecule has 0 aliphatic carbocycles. The fourth-order valence-electron chi connectivity index (χ4n) is 6.84. The number of carbonyl (C=O) groups is 3. The van der Waals surface area contributed by atoms with E-state index in [-0.39, 0.29) is 29.2 Å². The van der Waals surface area contributed by atoms with Crippen LogP contribution in [0.3, 0.4) is 0 Å². The maximum absolute atomic E-state index is 14.1. The van der Waals surface area contributed by atoms with Gasteiger partial charge in [-0.1, -0.05) is 34.1 Å². The van der Waals surface area contributed by atoms with Crippen LogP contribution < -0.4 is 15.5 Å². The second kappa shape index (κ2) is 12.5. The minimum absolute atomic E-state index is 0.0751. The number of carbonyl (C=O) groups excluding carboxylic acids is 3. The molecule has 9 nitrogen and oxygen atoms in total. The summed E-state index contributed by atoms with van der Waals surface area (Å²) < 4.78 is 6.57. The zero-order valence-electron chi connectivity index (χ0n) is 23.6. The normalized spacial score (nSPS) is 28.0. The number of halogens is 1. The summed E-state index contributed by atoms with van der Waals surface area (Å²) in [5.74, 6) is -2.31. The van der Waals surface area contributed by atoms with Gasteiger partial charge in [-0.3, -0.25) is 14.4 Å². The van der Waals surface area contributed by atoms with Crippen LogP contribution >= 0.6 is 15.9 Å². The van der Waals surface area contributed by atoms with Crippen molar-refractivity contribution in [3.8, 4) is 0 Å². The second-order valence-corrected chi connectivity index (χ2v) is 12.2. The van der Waals surface area contributed by atoms with E-state index in [0.717, 1.165) is 25.2 Å². The summed E-state index contributed by atoms with van der Waals surface area (Å²) >= 11 is 3.71. The van der Waals surface area contributed by atoms with E-state index in [1.54, 1.807) is 17.0 Å². The number of benzene rings is 2. The highest BCUT2D eigenvalue weighted by Crippen LogP contribution is 2.60. The molecule has 3 saturated heterocycles. The van der Waals surface area contributed by atoms with Crippen molar-refractivity contribution in [3.63, 3.8) is 0 Å². The third-order valence-electron chi connectivity index (χ3n) is 8.70. The number of aliphatic hydroxyl groups excluding tert-OH is 1. The van der Waals surface area contributed by atoms with E-state index in [1.807, 2.05) is 42.5 Å². The molecule has 3 amide bonds. The van der Waals surface area contributed by atoms with Gasteiger partial charge in [0.1, 0.15) is 11.6 Å². The Bertz CT molecular complexity index is 1240. The standard InChI is InChI=1S/C31H39BrN4O5/c1-3-35(4-2)22-15-13-21(14-16-22)34-29(39)27-31-19-23(32)26(41-31)24(28(38)33-20-11-7-5-8-12-20)25(31)30(40)36(27)17-9-6-10-18-37/h5,7-8,11-16,23-27,37H,3-4,6,9-10,17-19H2,1-2H3,(H,33,38)(H,34,39)/t23?,24-,25+,26-,27?,31?/m1/s1. The molecule has 10 heteroatoms. The molecule has 0 saturated carbocycles. The van der Waals surface area contributed by atoms with Crippen LogP contribution in [0.25, 0.3) is 0 Å². The second-order valence-electron chi connectivity index (χ2n) is 11.0. The van der Waals surface area contributed by atoms with Gasteiger partial charge in [0.25, 0.3) is 0 Å². The van der Waals surface area contributed by atoms with Gasteiger partial charge in [-0.05, 0) is 75.9 Å². The Morgan fingerprint density at radius 3 is 2.32 bits per heavy atom. The monoisotopic (exact) mass is 626 g/mol. The van der Waals surface area contributed by atoms with Crippen molar-refractivity contribution in [1.82, 2.24) is 4.90 Å². The first kappa shape index (κ1) is 29.5. The summed E-state index contributed by atoms with van der Waals surface area (Å²) in [7, 11) is 0. The lowest BCUT2D eigenvalue weighted by atomic mass is 9.70. The molecular weight excluding hydrogens is 588 g/mol. The Morgan fingerprint density at radius 1 is 1.00 bits per heavy atom. The Morgan fingerprint density at radius 2 is 1.66 bits per heavy atom. The molecule has 1 spiro atoms. The first-order valence-electron chi connectivity index (χ1n) is 14.6. The fraction of sp³-hybridized carbons (Fsp3) is 0.516. The maximum Gasteiger partial charge on any atom is 0.250 e. The molecule has 220 valence electrons. The fourth-order valence-corrected chi connectivity index (χ4v) is 7.79. The Kier molecular flexibility index (Phi) is 9.01. The molecule has 3 heterocycles. The molecule has 3 aliphatic heterocycles. The van der Waals surface area contributed by atoms with E-state index in [9.17, 15) is 19.5 Å². The number of fused-ring (bicyclic) bond motifs is 1. The summed E-state index contributed by atoms with van der Waals surface area (Å²) in [6, 6.07) is 16.0. The van der Waals surface area contributed by atoms with Gasteiger partial charge < -0.3 is 30.3 Å². The Labute approximate surface area is 249 Å². The van der Waals surface area contributed by atoms with Gasteiger partial charge >= 0.3 is 0 Å². The molecule has 0 aromatic heterocycles. The number of para-hydroxylation sites is 1. The maximum atomic E-state index is 14.1. The predicted molar refractivity (Wildman–Crippen MR) is 162 cm³/mol. The number of aliphatic hydroxyl groups is 1. The van der Waals surface area contributed by atoms with Crippen molar-refractivity contribution in [2.45, 2.75) is 62.1 Å². The van der Waals surface area contributed by atoms with Gasteiger partial charge in [0.05, 0.1) is 17.9 Å². The Hall–Kier alpha value is -2.95. The number of rotatable bonds is 12. The minimum Gasteiger partial charge on any atom is -0.396 e. The van der Waals surface area contributed by atoms with Gasteiger partial charge in [-0.15, -0.1) is 0 Å². The van der Waals surface area contributed by atoms with Crippen LogP contribution in [0.5, 0.6) is 0 Å². The Balaban J connectivity index is 1.43. The average molecular weight is 628 g/mol. The molecule has 3 unspecified atom stereocenters. The highest BCUT2D eigenvalue weighted by molar-refractivity contribution is 9.09. The lowest BCUT2D eigenvalue weighted by Gasteiger charge is -2.34. The smallest absolute Gasteiger partial charge is 0.250 e. The molecule has 3 N–H and O–H groups in total. The lowest BCUT2D eigenvalue weighted by molar-refractivity contribution is -0.139. The van der Waals surface area contributed by atoms with Crippen molar-refractivity contribution in [1.29, 1.82) is 0 Å². The summed E-state index contributed by atoms with van der Waals surface area (Å²) in [6.45, 7) is 6.39. The highest BCUT2D eigenvalue weighted by Gasteiger charge is 2.76. The van der Waals surface area contributed by atoms with Gasteiger partial charge in [-0.25, -0.2) is 0 Å². The number of hydrogen-bond acceptors (Lipinski definition) is 6. The molecular formula is C31H39BrN4O5. The van der Waals surface area contributed by atoms with E-state index < -0.39 is 29.6 Å². The van der Waals surface area contributed by atoms with Crippen LogP contribution in [0.1, 0.15) is 39.5 Å². The zero-order valence-corrected chi connectivity index (χ0v) is 25.2. The largest absolute Gasteiger partial charge is 0.396 e. The minimum atomic E-state index is -1.11. The summed E-state index contributed by atoms with van der Waals surface area (Å²) in [5, 5.41) is 15.2. The number of alkyl halides is 1. The zero-order chi connectivity index (χ0) is 29.1. The number of ether oxygens (including phenoxy) is 1. The number of hydrogen-bond donors (Lipinski definition) is 3. The summed E-state index contributed by atoms with van der Waals surface area (Å²) in [6.07, 6.45) is 1.92. The van der Waals surface area contributed by atoms with Crippen LogP contribution in [-0.2, 0) is 19.1 Å². The van der Waals surface area contributed by atoms with Crippen molar-refractivity contribution in [2.75, 3.05) is 41.8 Å². The van der Waals surface area contributed by atoms with E-state index >= 15 is 0 Å². The van der Waals surface area contributed by atoms with E-state index in [4.69, 9.17) is 4.74 Å². The van der Waals surface area contributed by atoms with Crippen LogP contribution in [0, 0.1) is 11.8 Å². The van der Waals surface area contributed by atoms with Crippen LogP contribution in [-0.4, -0.2) is 76.5 Å². The van der Waals surface area contributed by atoms with Crippen molar-refractivity contribution < 1.29 is 24.2 Å². The quantitative estimate of drug-likeness (QED) is 0.242. The summed E-state index contributed by atoms with van der Waals surface area (Å²) in [4.78, 5) is 45.4. The number of anilines is 3. The van der Waals surface area contributed by atoms with Crippen LogP contribution in [0.15, 0.2) is 54.6 Å². The van der Waals surface area contributed by atoms with Crippen molar-refractivity contribution >= 4 is 50.7 Å². The number of nitrogens with one attached hydrogen (secondary N) is 2. The third-order valence-corrected chi connectivity index (χ3v) is 9.55. The van der Waals surface area contributed by atoms with E-state index in [2.05, 4.69) is 45.3 Å². The van der Waals surface area contributed by atoms with Crippen molar-refractivity contribution in [2.24, 2.45) is 11.8 Å². The first-order chi connectivity index (χ1) is 19.8. The number of likely N-dealkylation sites (tertiary alicyclic amines) is 1. The topological polar surface area (TPSA) is 111 Å². The molecule has 2 aromatic carbocycles. The van der Waals surface area contributed by atoms with E-state index in [0.29, 0.717) is 37.2 Å². The SMILES string of the molecule is CCN(CC)c1ccc(NC(=O)C2N(CCCCCO)C(=O)[C@@H]3[C@@H](C(=O)Nc4ccccc4)[C@@H]4OC23CC4Br)cc1. The number of amides is 3. The molecule has 3 aliphatic rings. The average Bonchev–Trinajstić information content (AvgIpc) is 3.56. The molecule has 3 fully saturated rings. The third kappa shape index (κ3) is 5.49. The lowest BCUT2D eigenvalue weighted by Crippen LogP contribution is -2.54. The number of unbranched alkanes of at least 4 members (excludes halogenated alkanes) is 2. The van der Waals surface area contributed by atoms with Crippen LogP contribution in [0.2, 0.25) is 0 Å². The molecule has 2 aromatic rings. The molecule has 0 radical (unpaired) electrons. The predicted octanol–water partition coefficient (Wildman–Crippen LogP) is 4.02. The van der Waals surface area contributed by atoms with Gasteiger partial charge in [0, 0.05) is 48.1 Å². The highest BCUT2D eigenvalue weighted by atomic mass is 79.9. The van der Waals surface area contributed by atoms with Crippen molar-refractivity contribution in [3.05, 3.63) is 54.6 Å². The number of nitrogens with zero attached hydrogens (tertiary/aromatic N) is 2.